The summed E-state index contributed by atoms with van der Waals surface area (Å²) in [5.41, 5.74) is 0. The highest BCUT2D eigenvalue weighted by atomic mass is 79.9. The lowest BCUT2D eigenvalue weighted by molar-refractivity contribution is -0.146. The zero-order valence-electron chi connectivity index (χ0n) is 13.4. The monoisotopic (exact) mass is 348 g/mol. The maximum absolute atomic E-state index is 5.72. The third-order valence-electron chi connectivity index (χ3n) is 3.00. The van der Waals surface area contributed by atoms with Gasteiger partial charge in [0, 0.05) is 18.5 Å². The number of hydrogen-bond acceptors (Lipinski definition) is 2. The molecule has 3 heteroatoms. The van der Waals surface area contributed by atoms with Gasteiger partial charge in [-0.25, -0.2) is 0 Å². The first-order valence-corrected chi connectivity index (χ1v) is 9.41. The number of halogens is 1. The van der Waals surface area contributed by atoms with Crippen LogP contribution in [-0.2, 0) is 9.47 Å². The van der Waals surface area contributed by atoms with Crippen molar-refractivity contribution < 1.29 is 9.47 Å². The smallest absolute Gasteiger partial charge is 0.157 e. The average Bonchev–Trinajstić information content (AvgIpc) is 2.47. The third-order valence-corrected chi connectivity index (χ3v) is 3.56. The van der Waals surface area contributed by atoms with E-state index >= 15 is 0 Å². The molecule has 0 aliphatic carbocycles. The summed E-state index contributed by atoms with van der Waals surface area (Å²) in [7, 11) is 0. The molecule has 0 aliphatic rings. The topological polar surface area (TPSA) is 18.5 Å². The molecule has 0 aromatic rings. The molecule has 0 rings (SSSR count). The molecule has 0 saturated carbocycles. The lowest BCUT2D eigenvalue weighted by atomic mass is 10.1. The van der Waals surface area contributed by atoms with E-state index in [1.807, 2.05) is 0 Å². The Morgan fingerprint density at radius 3 is 2.00 bits per heavy atom. The van der Waals surface area contributed by atoms with Gasteiger partial charge >= 0.3 is 0 Å². The van der Waals surface area contributed by atoms with E-state index in [2.05, 4.69) is 41.9 Å². The van der Waals surface area contributed by atoms with Crippen molar-refractivity contribution in [2.24, 2.45) is 0 Å². The number of hydrogen-bond donors (Lipinski definition) is 0. The van der Waals surface area contributed by atoms with E-state index < -0.39 is 0 Å². The van der Waals surface area contributed by atoms with Gasteiger partial charge in [-0.2, -0.15) is 0 Å². The minimum absolute atomic E-state index is 0.0179. The standard InChI is InChI=1S/C17H33BrO2/c1-3-15-19-17(20-16-4-2)13-11-9-7-5-6-8-10-12-14-18/h6,8,17H,3-5,7,9-16H2,1-2H3/b8-6-. The van der Waals surface area contributed by atoms with Crippen molar-refractivity contribution in [1.29, 1.82) is 0 Å². The summed E-state index contributed by atoms with van der Waals surface area (Å²) in [4.78, 5) is 0. The van der Waals surface area contributed by atoms with Gasteiger partial charge in [0.15, 0.2) is 6.29 Å². The van der Waals surface area contributed by atoms with Crippen LogP contribution < -0.4 is 0 Å². The van der Waals surface area contributed by atoms with Crippen LogP contribution >= 0.6 is 15.9 Å². The van der Waals surface area contributed by atoms with Crippen LogP contribution in [0.5, 0.6) is 0 Å². The van der Waals surface area contributed by atoms with Crippen LogP contribution in [0.15, 0.2) is 12.2 Å². The van der Waals surface area contributed by atoms with Gasteiger partial charge in [-0.05, 0) is 51.4 Å². The second kappa shape index (κ2) is 17.2. The number of ether oxygens (including phenoxy) is 2. The SMILES string of the molecule is CCCOC(CCCCC/C=C\CCCBr)OCCC. The Morgan fingerprint density at radius 2 is 1.45 bits per heavy atom. The maximum Gasteiger partial charge on any atom is 0.157 e. The van der Waals surface area contributed by atoms with E-state index in [0.29, 0.717) is 0 Å². The molecule has 0 aliphatic heterocycles. The molecule has 0 aromatic heterocycles. The number of rotatable bonds is 15. The minimum atomic E-state index is 0.0179. The Labute approximate surface area is 134 Å². The van der Waals surface area contributed by atoms with Gasteiger partial charge in [0.05, 0.1) is 0 Å². The molecule has 0 aromatic carbocycles. The minimum Gasteiger partial charge on any atom is -0.353 e. The molecule has 2 nitrogen and oxygen atoms in total. The highest BCUT2D eigenvalue weighted by Gasteiger charge is 2.07. The molecule has 20 heavy (non-hydrogen) atoms. The Balaban J connectivity index is 3.49. The molecule has 0 radical (unpaired) electrons. The predicted octanol–water partition coefficient (Wildman–Crippen LogP) is 5.85. The van der Waals surface area contributed by atoms with Crippen LogP contribution in [0.4, 0.5) is 0 Å². The number of unbranched alkanes of at least 4 members (excludes halogenated alkanes) is 4. The van der Waals surface area contributed by atoms with E-state index in [9.17, 15) is 0 Å². The summed E-state index contributed by atoms with van der Waals surface area (Å²) in [6.07, 6.45) is 15.2. The number of alkyl halides is 1. The maximum atomic E-state index is 5.72. The Bertz CT molecular complexity index is 199. The second-order valence-corrected chi connectivity index (χ2v) is 5.90. The molecular weight excluding hydrogens is 316 g/mol. The molecule has 0 spiro atoms. The van der Waals surface area contributed by atoms with Crippen LogP contribution in [0.25, 0.3) is 0 Å². The van der Waals surface area contributed by atoms with E-state index in [1.165, 1.54) is 38.5 Å². The summed E-state index contributed by atoms with van der Waals surface area (Å²) >= 11 is 3.44. The fourth-order valence-corrected chi connectivity index (χ4v) is 2.22. The van der Waals surface area contributed by atoms with Gasteiger partial charge in [0.2, 0.25) is 0 Å². The molecule has 0 unspecified atom stereocenters. The van der Waals surface area contributed by atoms with Gasteiger partial charge in [0.1, 0.15) is 0 Å². The van der Waals surface area contributed by atoms with Crippen molar-refractivity contribution in [3.8, 4) is 0 Å². The normalized spacial score (nSPS) is 11.8. The van der Waals surface area contributed by atoms with Crippen molar-refractivity contribution in [1.82, 2.24) is 0 Å². The zero-order chi connectivity index (χ0) is 14.9. The highest BCUT2D eigenvalue weighted by molar-refractivity contribution is 9.09. The molecule has 0 fully saturated rings. The van der Waals surface area contributed by atoms with Crippen molar-refractivity contribution in [3.63, 3.8) is 0 Å². The van der Waals surface area contributed by atoms with Crippen LogP contribution in [0.1, 0.15) is 71.6 Å². The summed E-state index contributed by atoms with van der Waals surface area (Å²) < 4.78 is 11.4. The zero-order valence-corrected chi connectivity index (χ0v) is 15.0. The summed E-state index contributed by atoms with van der Waals surface area (Å²) in [6, 6.07) is 0. The molecular formula is C17H33BrO2. The highest BCUT2D eigenvalue weighted by Crippen LogP contribution is 2.11. The molecule has 0 atom stereocenters. The summed E-state index contributed by atoms with van der Waals surface area (Å²) in [6.45, 7) is 5.90. The van der Waals surface area contributed by atoms with Crippen molar-refractivity contribution in [2.75, 3.05) is 18.5 Å². The summed E-state index contributed by atoms with van der Waals surface area (Å²) in [5.74, 6) is 0. The predicted molar refractivity (Wildman–Crippen MR) is 91.5 cm³/mol. The molecule has 0 amide bonds. The average molecular weight is 349 g/mol. The first-order chi connectivity index (χ1) is 9.85. The Kier molecular flexibility index (Phi) is 17.3. The van der Waals surface area contributed by atoms with E-state index in [-0.39, 0.29) is 6.29 Å². The van der Waals surface area contributed by atoms with Gasteiger partial charge < -0.3 is 9.47 Å². The van der Waals surface area contributed by atoms with Gasteiger partial charge in [0.25, 0.3) is 0 Å². The van der Waals surface area contributed by atoms with E-state index in [4.69, 9.17) is 9.47 Å². The molecule has 0 N–H and O–H groups in total. The fraction of sp³-hybridized carbons (Fsp3) is 0.882. The molecule has 0 heterocycles. The molecule has 120 valence electrons. The van der Waals surface area contributed by atoms with Gasteiger partial charge in [-0.15, -0.1) is 0 Å². The van der Waals surface area contributed by atoms with Crippen LogP contribution in [-0.4, -0.2) is 24.8 Å². The molecule has 0 saturated heterocycles. The Hall–Kier alpha value is 0.140. The lowest BCUT2D eigenvalue weighted by Gasteiger charge is -2.17. The second-order valence-electron chi connectivity index (χ2n) is 5.11. The van der Waals surface area contributed by atoms with Crippen molar-refractivity contribution in [3.05, 3.63) is 12.2 Å². The van der Waals surface area contributed by atoms with Gasteiger partial charge in [-0.3, -0.25) is 0 Å². The first kappa shape index (κ1) is 20.1. The van der Waals surface area contributed by atoms with Crippen LogP contribution in [0, 0.1) is 0 Å². The Morgan fingerprint density at radius 1 is 0.850 bits per heavy atom. The molecule has 0 bridgehead atoms. The van der Waals surface area contributed by atoms with Gasteiger partial charge in [-0.1, -0.05) is 48.4 Å². The van der Waals surface area contributed by atoms with Crippen molar-refractivity contribution in [2.45, 2.75) is 77.9 Å². The quantitative estimate of drug-likeness (QED) is 0.160. The third kappa shape index (κ3) is 14.5. The first-order valence-electron chi connectivity index (χ1n) is 8.29. The number of allylic oxidation sites excluding steroid dienone is 2. The largest absolute Gasteiger partial charge is 0.353 e. The van der Waals surface area contributed by atoms with E-state index in [1.54, 1.807) is 0 Å². The lowest BCUT2D eigenvalue weighted by Crippen LogP contribution is -2.18. The van der Waals surface area contributed by atoms with E-state index in [0.717, 1.165) is 37.8 Å². The van der Waals surface area contributed by atoms with Crippen LogP contribution in [0.3, 0.4) is 0 Å². The summed E-state index contributed by atoms with van der Waals surface area (Å²) in [5, 5.41) is 1.11. The van der Waals surface area contributed by atoms with Crippen molar-refractivity contribution >= 4 is 15.9 Å². The van der Waals surface area contributed by atoms with Crippen LogP contribution in [0.2, 0.25) is 0 Å². The fourth-order valence-electron chi connectivity index (χ4n) is 1.89.